The molecule has 1 aromatic carbocycles. The Kier molecular flexibility index (Phi) is 5.07. The molecule has 0 radical (unpaired) electrons. The van der Waals surface area contributed by atoms with Crippen molar-refractivity contribution in [3.63, 3.8) is 0 Å². The van der Waals surface area contributed by atoms with Crippen LogP contribution in [-0.2, 0) is 0 Å². The highest BCUT2D eigenvalue weighted by Crippen LogP contribution is 2.34. The van der Waals surface area contributed by atoms with Crippen LogP contribution in [0, 0.1) is 17.2 Å². The second-order valence-corrected chi connectivity index (χ2v) is 7.83. The monoisotopic (exact) mass is 355 g/mol. The van der Waals surface area contributed by atoms with Gasteiger partial charge in [-0.2, -0.15) is 0 Å². The predicted molar refractivity (Wildman–Crippen MR) is 86.8 cm³/mol. The van der Waals surface area contributed by atoms with Gasteiger partial charge in [-0.3, -0.25) is 4.79 Å². The summed E-state index contributed by atoms with van der Waals surface area (Å²) in [7, 11) is 0. The molecule has 116 valence electrons. The molecule has 1 amide bonds. The maximum absolute atomic E-state index is 13.9. The fourth-order valence-electron chi connectivity index (χ4n) is 3.00. The standard InChI is InChI=1S/C17H23BrFNO/c1-17(2,3)12-5-4-9-20(10-8-12)16(21)14-11-13(18)6-7-15(14)19/h6-7,11-12H,4-5,8-10H2,1-3H3. The number of benzene rings is 1. The van der Waals surface area contributed by atoms with Gasteiger partial charge in [-0.25, -0.2) is 4.39 Å². The molecule has 2 rings (SSSR count). The molecule has 0 N–H and O–H groups in total. The highest BCUT2D eigenvalue weighted by molar-refractivity contribution is 9.10. The first-order valence-electron chi connectivity index (χ1n) is 7.53. The van der Waals surface area contributed by atoms with E-state index < -0.39 is 5.82 Å². The topological polar surface area (TPSA) is 20.3 Å². The SMILES string of the molecule is CC(C)(C)C1CCCN(C(=O)c2cc(Br)ccc2F)CC1. The van der Waals surface area contributed by atoms with Gasteiger partial charge in [0.25, 0.3) is 5.91 Å². The van der Waals surface area contributed by atoms with Crippen LogP contribution in [0.2, 0.25) is 0 Å². The van der Waals surface area contributed by atoms with E-state index in [1.807, 2.05) is 0 Å². The summed E-state index contributed by atoms with van der Waals surface area (Å²) in [4.78, 5) is 14.3. The van der Waals surface area contributed by atoms with Gasteiger partial charge >= 0.3 is 0 Å². The molecule has 1 atom stereocenters. The Hall–Kier alpha value is -0.900. The molecule has 4 heteroatoms. The lowest BCUT2D eigenvalue weighted by Crippen LogP contribution is -2.33. The largest absolute Gasteiger partial charge is 0.339 e. The van der Waals surface area contributed by atoms with E-state index in [2.05, 4.69) is 36.7 Å². The maximum Gasteiger partial charge on any atom is 0.256 e. The lowest BCUT2D eigenvalue weighted by Gasteiger charge is -2.29. The third-order valence-corrected chi connectivity index (χ3v) is 4.89. The van der Waals surface area contributed by atoms with Crippen molar-refractivity contribution in [2.45, 2.75) is 40.0 Å². The van der Waals surface area contributed by atoms with Crippen LogP contribution in [0.4, 0.5) is 4.39 Å². The average Bonchev–Trinajstić information content (AvgIpc) is 2.66. The second kappa shape index (κ2) is 6.47. The van der Waals surface area contributed by atoms with E-state index in [0.29, 0.717) is 12.5 Å². The molecule has 1 heterocycles. The summed E-state index contributed by atoms with van der Waals surface area (Å²) in [5.74, 6) is -0.0224. The number of nitrogens with zero attached hydrogens (tertiary/aromatic N) is 1. The molecule has 0 aliphatic carbocycles. The molecule has 0 aromatic heterocycles. The summed E-state index contributed by atoms with van der Waals surface area (Å²) in [5, 5.41) is 0. The van der Waals surface area contributed by atoms with Crippen molar-refractivity contribution >= 4 is 21.8 Å². The minimum atomic E-state index is -0.445. The van der Waals surface area contributed by atoms with E-state index in [1.165, 1.54) is 6.07 Å². The lowest BCUT2D eigenvalue weighted by atomic mass is 9.77. The van der Waals surface area contributed by atoms with Crippen molar-refractivity contribution < 1.29 is 9.18 Å². The smallest absolute Gasteiger partial charge is 0.256 e. The van der Waals surface area contributed by atoms with Crippen LogP contribution in [0.25, 0.3) is 0 Å². The van der Waals surface area contributed by atoms with Gasteiger partial charge in [0, 0.05) is 17.6 Å². The number of hydrogen-bond donors (Lipinski definition) is 0. The third-order valence-electron chi connectivity index (χ3n) is 4.40. The number of likely N-dealkylation sites (tertiary alicyclic amines) is 1. The van der Waals surface area contributed by atoms with Gasteiger partial charge in [0.1, 0.15) is 5.82 Å². The van der Waals surface area contributed by atoms with E-state index in [9.17, 15) is 9.18 Å². The van der Waals surface area contributed by atoms with Crippen LogP contribution >= 0.6 is 15.9 Å². The highest BCUT2D eigenvalue weighted by Gasteiger charge is 2.29. The molecule has 1 saturated heterocycles. The van der Waals surface area contributed by atoms with Crippen molar-refractivity contribution in [1.29, 1.82) is 0 Å². The molecule has 2 nitrogen and oxygen atoms in total. The van der Waals surface area contributed by atoms with Crippen molar-refractivity contribution in [3.8, 4) is 0 Å². The van der Waals surface area contributed by atoms with E-state index in [0.717, 1.165) is 30.3 Å². The zero-order chi connectivity index (χ0) is 15.6. The van der Waals surface area contributed by atoms with Gasteiger partial charge < -0.3 is 4.90 Å². The van der Waals surface area contributed by atoms with Crippen LogP contribution in [0.3, 0.4) is 0 Å². The van der Waals surface area contributed by atoms with Crippen molar-refractivity contribution in [3.05, 3.63) is 34.1 Å². The number of rotatable bonds is 1. The molecule has 1 aliphatic rings. The third kappa shape index (κ3) is 4.06. The fraction of sp³-hybridized carbons (Fsp3) is 0.588. The van der Waals surface area contributed by atoms with E-state index in [1.54, 1.807) is 17.0 Å². The Morgan fingerprint density at radius 2 is 2.00 bits per heavy atom. The first-order valence-corrected chi connectivity index (χ1v) is 8.32. The van der Waals surface area contributed by atoms with E-state index >= 15 is 0 Å². The van der Waals surface area contributed by atoms with Crippen molar-refractivity contribution in [1.82, 2.24) is 4.90 Å². The zero-order valence-corrected chi connectivity index (χ0v) is 14.5. The molecule has 21 heavy (non-hydrogen) atoms. The number of carbonyl (C=O) groups is 1. The fourth-order valence-corrected chi connectivity index (χ4v) is 3.36. The number of halogens is 2. The molecule has 0 spiro atoms. The van der Waals surface area contributed by atoms with Crippen molar-refractivity contribution in [2.75, 3.05) is 13.1 Å². The van der Waals surface area contributed by atoms with Crippen LogP contribution < -0.4 is 0 Å². The number of carbonyl (C=O) groups excluding carboxylic acids is 1. The normalized spacial score (nSPS) is 20.2. The highest BCUT2D eigenvalue weighted by atomic mass is 79.9. The van der Waals surface area contributed by atoms with Crippen LogP contribution in [0.5, 0.6) is 0 Å². The molecule has 0 saturated carbocycles. The lowest BCUT2D eigenvalue weighted by molar-refractivity contribution is 0.0751. The number of amides is 1. The Morgan fingerprint density at radius 1 is 1.29 bits per heavy atom. The van der Waals surface area contributed by atoms with E-state index in [4.69, 9.17) is 0 Å². The molecule has 1 fully saturated rings. The Morgan fingerprint density at radius 3 is 2.67 bits per heavy atom. The quantitative estimate of drug-likeness (QED) is 0.703. The zero-order valence-electron chi connectivity index (χ0n) is 13.0. The van der Waals surface area contributed by atoms with Crippen LogP contribution in [0.1, 0.15) is 50.4 Å². The van der Waals surface area contributed by atoms with Crippen molar-refractivity contribution in [2.24, 2.45) is 11.3 Å². The summed E-state index contributed by atoms with van der Waals surface area (Å²) >= 11 is 3.30. The molecule has 0 bridgehead atoms. The Balaban J connectivity index is 2.12. The summed E-state index contributed by atoms with van der Waals surface area (Å²) in [5.41, 5.74) is 0.429. The molecule has 1 unspecified atom stereocenters. The summed E-state index contributed by atoms with van der Waals surface area (Å²) in [6, 6.07) is 4.53. The van der Waals surface area contributed by atoms with Crippen LogP contribution in [0.15, 0.2) is 22.7 Å². The summed E-state index contributed by atoms with van der Waals surface area (Å²) in [6.45, 7) is 8.19. The van der Waals surface area contributed by atoms with Gasteiger partial charge in [-0.15, -0.1) is 0 Å². The Labute approximate surface area is 134 Å². The maximum atomic E-state index is 13.9. The molecule has 1 aliphatic heterocycles. The first-order chi connectivity index (χ1) is 9.79. The van der Waals surface area contributed by atoms with Gasteiger partial charge in [0.2, 0.25) is 0 Å². The van der Waals surface area contributed by atoms with Gasteiger partial charge in [-0.1, -0.05) is 36.7 Å². The molecular formula is C17H23BrFNO. The van der Waals surface area contributed by atoms with E-state index in [-0.39, 0.29) is 16.9 Å². The van der Waals surface area contributed by atoms with Gasteiger partial charge in [0.05, 0.1) is 5.56 Å². The summed E-state index contributed by atoms with van der Waals surface area (Å²) in [6.07, 6.45) is 3.11. The first kappa shape index (κ1) is 16.5. The predicted octanol–water partition coefficient (Wildman–Crippen LogP) is 4.88. The van der Waals surface area contributed by atoms with Crippen LogP contribution in [-0.4, -0.2) is 23.9 Å². The molecular weight excluding hydrogens is 333 g/mol. The molecule has 1 aromatic rings. The minimum Gasteiger partial charge on any atom is -0.339 e. The minimum absolute atomic E-state index is 0.165. The van der Waals surface area contributed by atoms with Gasteiger partial charge in [-0.05, 0) is 48.8 Å². The van der Waals surface area contributed by atoms with Gasteiger partial charge in [0.15, 0.2) is 0 Å². The average molecular weight is 356 g/mol. The number of hydrogen-bond acceptors (Lipinski definition) is 1. The summed E-state index contributed by atoms with van der Waals surface area (Å²) < 4.78 is 14.6. The Bertz CT molecular complexity index is 524. The second-order valence-electron chi connectivity index (χ2n) is 6.91.